The Morgan fingerprint density at radius 2 is 1.53 bits per heavy atom. The molecule has 0 aliphatic carbocycles. The van der Waals surface area contributed by atoms with Gasteiger partial charge in [-0.25, -0.2) is 9.59 Å². The molecule has 0 aliphatic rings. The van der Waals surface area contributed by atoms with Crippen molar-refractivity contribution in [3.63, 3.8) is 0 Å². The van der Waals surface area contributed by atoms with Gasteiger partial charge >= 0.3 is 11.9 Å². The molecule has 0 heterocycles. The minimum absolute atomic E-state index is 0.110. The standard InChI is InChI=1S/C11H20O6/c1-4-15-10(12)7-14-6-9(3)17-8-11(13)16-5-2/h9H,4-8H2,1-3H3. The number of esters is 2. The second-order valence-corrected chi connectivity index (χ2v) is 3.25. The zero-order valence-corrected chi connectivity index (χ0v) is 10.6. The number of hydrogen-bond donors (Lipinski definition) is 0. The van der Waals surface area contributed by atoms with Crippen LogP contribution in [-0.2, 0) is 28.5 Å². The molecule has 6 nitrogen and oxygen atoms in total. The van der Waals surface area contributed by atoms with Crippen molar-refractivity contribution in [2.45, 2.75) is 26.9 Å². The highest BCUT2D eigenvalue weighted by Gasteiger charge is 2.09. The summed E-state index contributed by atoms with van der Waals surface area (Å²) in [6, 6.07) is 0. The Bertz CT molecular complexity index is 228. The van der Waals surface area contributed by atoms with Gasteiger partial charge in [0.25, 0.3) is 0 Å². The highest BCUT2D eigenvalue weighted by atomic mass is 16.6. The normalized spacial score (nSPS) is 11.9. The molecule has 0 amide bonds. The molecule has 0 fully saturated rings. The molecule has 1 unspecified atom stereocenters. The minimum atomic E-state index is -0.412. The summed E-state index contributed by atoms with van der Waals surface area (Å²) in [7, 11) is 0. The van der Waals surface area contributed by atoms with E-state index in [0.717, 1.165) is 0 Å². The SMILES string of the molecule is CCOC(=O)COCC(C)OCC(=O)OCC. The van der Waals surface area contributed by atoms with E-state index in [0.29, 0.717) is 13.2 Å². The van der Waals surface area contributed by atoms with E-state index < -0.39 is 11.9 Å². The van der Waals surface area contributed by atoms with Gasteiger partial charge in [0.1, 0.15) is 13.2 Å². The van der Waals surface area contributed by atoms with Crippen LogP contribution in [-0.4, -0.2) is 51.1 Å². The quantitative estimate of drug-likeness (QED) is 0.554. The molecule has 0 bridgehead atoms. The zero-order valence-electron chi connectivity index (χ0n) is 10.6. The summed E-state index contributed by atoms with van der Waals surface area (Å²) in [6.07, 6.45) is -0.283. The van der Waals surface area contributed by atoms with Gasteiger partial charge in [0.05, 0.1) is 25.9 Å². The van der Waals surface area contributed by atoms with Crippen molar-refractivity contribution in [1.29, 1.82) is 0 Å². The zero-order chi connectivity index (χ0) is 13.1. The summed E-state index contributed by atoms with van der Waals surface area (Å²) in [6.45, 7) is 5.85. The fourth-order valence-corrected chi connectivity index (χ4v) is 0.972. The van der Waals surface area contributed by atoms with Crippen LogP contribution in [0.1, 0.15) is 20.8 Å². The summed E-state index contributed by atoms with van der Waals surface area (Å²) < 4.78 is 19.6. The molecule has 0 aromatic carbocycles. The van der Waals surface area contributed by atoms with Crippen LogP contribution in [0.15, 0.2) is 0 Å². The number of rotatable bonds is 9. The lowest BCUT2D eigenvalue weighted by Crippen LogP contribution is -2.23. The van der Waals surface area contributed by atoms with Crippen LogP contribution < -0.4 is 0 Å². The molecule has 0 spiro atoms. The summed E-state index contributed by atoms with van der Waals surface area (Å²) in [5.74, 6) is -0.824. The lowest BCUT2D eigenvalue weighted by atomic mass is 10.4. The second-order valence-electron chi connectivity index (χ2n) is 3.25. The van der Waals surface area contributed by atoms with Crippen LogP contribution in [0.2, 0.25) is 0 Å². The predicted molar refractivity (Wildman–Crippen MR) is 59.5 cm³/mol. The Labute approximate surface area is 101 Å². The molecule has 0 rings (SSSR count). The van der Waals surface area contributed by atoms with Crippen molar-refractivity contribution in [2.75, 3.05) is 33.0 Å². The molecule has 0 aliphatic heterocycles. The first-order chi connectivity index (χ1) is 8.10. The van der Waals surface area contributed by atoms with E-state index in [9.17, 15) is 9.59 Å². The van der Waals surface area contributed by atoms with Crippen molar-refractivity contribution in [3.8, 4) is 0 Å². The summed E-state index contributed by atoms with van der Waals surface area (Å²) in [4.78, 5) is 21.9. The van der Waals surface area contributed by atoms with Gasteiger partial charge in [-0.15, -0.1) is 0 Å². The molecular weight excluding hydrogens is 228 g/mol. The van der Waals surface area contributed by atoms with Crippen molar-refractivity contribution < 1.29 is 28.5 Å². The van der Waals surface area contributed by atoms with Crippen molar-refractivity contribution in [1.82, 2.24) is 0 Å². The first-order valence-corrected chi connectivity index (χ1v) is 5.60. The lowest BCUT2D eigenvalue weighted by Gasteiger charge is -2.12. The first-order valence-electron chi connectivity index (χ1n) is 5.60. The minimum Gasteiger partial charge on any atom is -0.464 e. The van der Waals surface area contributed by atoms with E-state index in [1.807, 2.05) is 0 Å². The largest absolute Gasteiger partial charge is 0.464 e. The van der Waals surface area contributed by atoms with E-state index in [-0.39, 0.29) is 25.9 Å². The van der Waals surface area contributed by atoms with Gasteiger partial charge in [-0.2, -0.15) is 0 Å². The third-order valence-electron chi connectivity index (χ3n) is 1.67. The van der Waals surface area contributed by atoms with Gasteiger partial charge in [-0.1, -0.05) is 0 Å². The van der Waals surface area contributed by atoms with E-state index >= 15 is 0 Å². The Kier molecular flexibility index (Phi) is 9.37. The topological polar surface area (TPSA) is 71.1 Å². The van der Waals surface area contributed by atoms with Crippen molar-refractivity contribution in [2.24, 2.45) is 0 Å². The van der Waals surface area contributed by atoms with Crippen LogP contribution in [0.3, 0.4) is 0 Å². The molecule has 0 aromatic heterocycles. The Balaban J connectivity index is 3.49. The maximum atomic E-state index is 11.0. The van der Waals surface area contributed by atoms with Gasteiger partial charge in [0.15, 0.2) is 0 Å². The van der Waals surface area contributed by atoms with Crippen molar-refractivity contribution >= 4 is 11.9 Å². The molecular formula is C11H20O6. The van der Waals surface area contributed by atoms with Gasteiger partial charge in [-0.3, -0.25) is 0 Å². The van der Waals surface area contributed by atoms with Gasteiger partial charge < -0.3 is 18.9 Å². The number of carbonyl (C=O) groups excluding carboxylic acids is 2. The van der Waals surface area contributed by atoms with Crippen LogP contribution in [0.4, 0.5) is 0 Å². The molecule has 0 saturated heterocycles. The molecule has 0 N–H and O–H groups in total. The summed E-state index contributed by atoms with van der Waals surface area (Å²) in [5.41, 5.74) is 0. The molecule has 0 saturated carbocycles. The third-order valence-corrected chi connectivity index (χ3v) is 1.67. The van der Waals surface area contributed by atoms with Gasteiger partial charge in [-0.05, 0) is 20.8 Å². The predicted octanol–water partition coefficient (Wildman–Crippen LogP) is 0.534. The molecule has 100 valence electrons. The van der Waals surface area contributed by atoms with E-state index in [1.54, 1.807) is 20.8 Å². The number of hydrogen-bond acceptors (Lipinski definition) is 6. The maximum absolute atomic E-state index is 11.0. The number of ether oxygens (including phenoxy) is 4. The van der Waals surface area contributed by atoms with Crippen molar-refractivity contribution in [3.05, 3.63) is 0 Å². The van der Waals surface area contributed by atoms with E-state index in [2.05, 4.69) is 9.47 Å². The highest BCUT2D eigenvalue weighted by molar-refractivity contribution is 5.71. The fraction of sp³-hybridized carbons (Fsp3) is 0.818. The Morgan fingerprint density at radius 3 is 2.06 bits per heavy atom. The first kappa shape index (κ1) is 15.9. The monoisotopic (exact) mass is 248 g/mol. The van der Waals surface area contributed by atoms with Gasteiger partial charge in [0.2, 0.25) is 0 Å². The Hall–Kier alpha value is -1.14. The molecule has 0 radical (unpaired) electrons. The lowest BCUT2D eigenvalue weighted by molar-refractivity contribution is -0.155. The van der Waals surface area contributed by atoms with E-state index in [1.165, 1.54) is 0 Å². The molecule has 6 heteroatoms. The average Bonchev–Trinajstić information content (AvgIpc) is 2.27. The summed E-state index contributed by atoms with van der Waals surface area (Å²) in [5, 5.41) is 0. The van der Waals surface area contributed by atoms with Gasteiger partial charge in [0, 0.05) is 0 Å². The smallest absolute Gasteiger partial charge is 0.332 e. The van der Waals surface area contributed by atoms with Crippen LogP contribution in [0, 0.1) is 0 Å². The van der Waals surface area contributed by atoms with Crippen LogP contribution in [0.25, 0.3) is 0 Å². The molecule has 17 heavy (non-hydrogen) atoms. The average molecular weight is 248 g/mol. The molecule has 1 atom stereocenters. The highest BCUT2D eigenvalue weighted by Crippen LogP contribution is 1.94. The van der Waals surface area contributed by atoms with Crippen LogP contribution in [0.5, 0.6) is 0 Å². The number of carbonyl (C=O) groups is 2. The Morgan fingerprint density at radius 1 is 1.00 bits per heavy atom. The summed E-state index contributed by atoms with van der Waals surface area (Å²) >= 11 is 0. The third kappa shape index (κ3) is 9.77. The van der Waals surface area contributed by atoms with E-state index in [4.69, 9.17) is 9.47 Å². The molecule has 0 aromatic rings. The van der Waals surface area contributed by atoms with Crippen LogP contribution >= 0.6 is 0 Å². The maximum Gasteiger partial charge on any atom is 0.332 e. The second kappa shape index (κ2) is 10.0. The fourth-order valence-electron chi connectivity index (χ4n) is 0.972.